The predicted molar refractivity (Wildman–Crippen MR) is 122 cm³/mol. The Kier molecular flexibility index (Phi) is 13.1. The molecule has 0 unspecified atom stereocenters. The summed E-state index contributed by atoms with van der Waals surface area (Å²) in [4.78, 5) is 20.4. The van der Waals surface area contributed by atoms with Gasteiger partial charge in [-0.05, 0) is 39.0 Å². The van der Waals surface area contributed by atoms with E-state index < -0.39 is 0 Å². The second kappa shape index (κ2) is 14.4. The number of ether oxygens (including phenoxy) is 1. The first-order valence-electron chi connectivity index (χ1n) is 10.6. The van der Waals surface area contributed by atoms with Crippen LogP contribution in [0.1, 0.15) is 65.2 Å². The summed E-state index contributed by atoms with van der Waals surface area (Å²) < 4.78 is 5.99. The van der Waals surface area contributed by atoms with E-state index in [2.05, 4.69) is 17.1 Å². The number of carbonyl (C=O) groups is 1. The first kappa shape index (κ1) is 24.5. The van der Waals surface area contributed by atoms with Crippen molar-refractivity contribution in [1.82, 2.24) is 15.1 Å². The fourth-order valence-electron chi connectivity index (χ4n) is 3.72. The number of guanidine groups is 1. The number of rotatable bonds is 8. The summed E-state index contributed by atoms with van der Waals surface area (Å²) in [5, 5.41) is 3.39. The first-order chi connectivity index (χ1) is 12.7. The summed E-state index contributed by atoms with van der Waals surface area (Å²) in [5.74, 6) is 1.16. The van der Waals surface area contributed by atoms with Gasteiger partial charge in [0.05, 0.1) is 6.10 Å². The molecule has 1 heterocycles. The maximum absolute atomic E-state index is 11.5. The van der Waals surface area contributed by atoms with Crippen molar-refractivity contribution in [3.05, 3.63) is 0 Å². The van der Waals surface area contributed by atoms with E-state index >= 15 is 0 Å². The van der Waals surface area contributed by atoms with Crippen molar-refractivity contribution in [2.45, 2.75) is 71.3 Å². The average Bonchev–Trinajstić information content (AvgIpc) is 2.67. The molecule has 1 aliphatic heterocycles. The molecule has 0 aromatic carbocycles. The largest absolute Gasteiger partial charge is 0.378 e. The van der Waals surface area contributed by atoms with Gasteiger partial charge in [0.1, 0.15) is 0 Å². The molecule has 0 bridgehead atoms. The molecular formula is C20H39IN4O2. The second-order valence-electron chi connectivity index (χ2n) is 7.42. The topological polar surface area (TPSA) is 57.2 Å². The van der Waals surface area contributed by atoms with Crippen LogP contribution in [0.5, 0.6) is 0 Å². The zero-order valence-electron chi connectivity index (χ0n) is 17.3. The zero-order chi connectivity index (χ0) is 18.6. The Bertz CT molecular complexity index is 434. The molecule has 0 aromatic rings. The van der Waals surface area contributed by atoms with Crippen molar-refractivity contribution in [2.75, 3.05) is 45.9 Å². The highest BCUT2D eigenvalue weighted by Gasteiger charge is 2.20. The minimum Gasteiger partial charge on any atom is -0.378 e. The number of nitrogens with zero attached hydrogens (tertiary/aromatic N) is 3. The van der Waals surface area contributed by atoms with Gasteiger partial charge in [-0.25, -0.2) is 0 Å². The number of hydrogen-bond acceptors (Lipinski definition) is 3. The van der Waals surface area contributed by atoms with Crippen molar-refractivity contribution in [3.63, 3.8) is 0 Å². The van der Waals surface area contributed by atoms with Crippen LogP contribution in [0.15, 0.2) is 4.99 Å². The number of unbranched alkanes of at least 4 members (excludes halogenated alkanes) is 2. The van der Waals surface area contributed by atoms with Crippen molar-refractivity contribution >= 4 is 35.8 Å². The highest BCUT2D eigenvalue weighted by molar-refractivity contribution is 14.0. The van der Waals surface area contributed by atoms with Gasteiger partial charge in [0, 0.05) is 52.8 Å². The summed E-state index contributed by atoms with van der Waals surface area (Å²) in [6.45, 7) is 9.69. The third-order valence-corrected chi connectivity index (χ3v) is 5.33. The van der Waals surface area contributed by atoms with Crippen LogP contribution in [-0.4, -0.2) is 73.6 Å². The lowest BCUT2D eigenvalue weighted by Gasteiger charge is -2.36. The number of amides is 1. The summed E-state index contributed by atoms with van der Waals surface area (Å²) in [7, 11) is 0. The van der Waals surface area contributed by atoms with E-state index in [1.54, 1.807) is 6.92 Å². The van der Waals surface area contributed by atoms with Crippen molar-refractivity contribution < 1.29 is 9.53 Å². The third-order valence-electron chi connectivity index (χ3n) is 5.33. The number of hydrogen-bond donors (Lipinski definition) is 1. The van der Waals surface area contributed by atoms with Gasteiger partial charge in [-0.15, -0.1) is 24.0 Å². The van der Waals surface area contributed by atoms with Crippen LogP contribution >= 0.6 is 24.0 Å². The predicted octanol–water partition coefficient (Wildman–Crippen LogP) is 3.25. The molecular weight excluding hydrogens is 455 g/mol. The molecule has 0 spiro atoms. The van der Waals surface area contributed by atoms with Gasteiger partial charge >= 0.3 is 0 Å². The molecule has 0 atom stereocenters. The van der Waals surface area contributed by atoms with Crippen LogP contribution in [-0.2, 0) is 9.53 Å². The Hall–Kier alpha value is -0.570. The van der Waals surface area contributed by atoms with Crippen LogP contribution in [0, 0.1) is 0 Å². The van der Waals surface area contributed by atoms with E-state index in [4.69, 9.17) is 9.73 Å². The average molecular weight is 494 g/mol. The minimum atomic E-state index is 0. The van der Waals surface area contributed by atoms with Crippen molar-refractivity contribution in [1.29, 1.82) is 0 Å². The first-order valence-corrected chi connectivity index (χ1v) is 10.6. The van der Waals surface area contributed by atoms with Crippen LogP contribution in [0.4, 0.5) is 0 Å². The van der Waals surface area contributed by atoms with E-state index in [1.165, 1.54) is 38.5 Å². The van der Waals surface area contributed by atoms with Crippen molar-refractivity contribution in [2.24, 2.45) is 4.99 Å². The molecule has 1 saturated heterocycles. The van der Waals surface area contributed by atoms with Gasteiger partial charge in [0.15, 0.2) is 5.96 Å². The van der Waals surface area contributed by atoms with E-state index in [-0.39, 0.29) is 29.9 Å². The molecule has 1 amide bonds. The van der Waals surface area contributed by atoms with Gasteiger partial charge in [-0.3, -0.25) is 9.79 Å². The minimum absolute atomic E-state index is 0. The highest BCUT2D eigenvalue weighted by Crippen LogP contribution is 2.20. The maximum atomic E-state index is 11.5. The van der Waals surface area contributed by atoms with Gasteiger partial charge in [-0.1, -0.05) is 19.3 Å². The number of piperazine rings is 1. The molecule has 7 heteroatoms. The Morgan fingerprint density at radius 2 is 1.70 bits per heavy atom. The lowest BCUT2D eigenvalue weighted by molar-refractivity contribution is -0.130. The molecule has 1 saturated carbocycles. The zero-order valence-corrected chi connectivity index (χ0v) is 19.6. The molecule has 158 valence electrons. The number of halogens is 1. The summed E-state index contributed by atoms with van der Waals surface area (Å²) >= 11 is 0. The van der Waals surface area contributed by atoms with Crippen LogP contribution in [0.3, 0.4) is 0 Å². The fourth-order valence-corrected chi connectivity index (χ4v) is 3.72. The number of aliphatic imine (C=N–C) groups is 1. The molecule has 1 aliphatic carbocycles. The van der Waals surface area contributed by atoms with Gasteiger partial charge in [0.25, 0.3) is 0 Å². The lowest BCUT2D eigenvalue weighted by atomic mass is 9.98. The molecule has 2 rings (SSSR count). The smallest absolute Gasteiger partial charge is 0.219 e. The molecule has 2 fully saturated rings. The van der Waals surface area contributed by atoms with Crippen LogP contribution < -0.4 is 5.32 Å². The van der Waals surface area contributed by atoms with E-state index in [9.17, 15) is 4.79 Å². The Balaban J connectivity index is 0.00000364. The number of carbonyl (C=O) groups excluding carboxylic acids is 1. The quantitative estimate of drug-likeness (QED) is 0.244. The van der Waals surface area contributed by atoms with E-state index in [0.717, 1.165) is 64.7 Å². The maximum Gasteiger partial charge on any atom is 0.219 e. The van der Waals surface area contributed by atoms with Crippen LogP contribution in [0.2, 0.25) is 0 Å². The summed E-state index contributed by atoms with van der Waals surface area (Å²) in [5.41, 5.74) is 0. The Morgan fingerprint density at radius 1 is 1.04 bits per heavy atom. The Labute approximate surface area is 182 Å². The normalized spacial score (nSPS) is 19.0. The third kappa shape index (κ3) is 9.45. The van der Waals surface area contributed by atoms with Gasteiger partial charge < -0.3 is 19.9 Å². The van der Waals surface area contributed by atoms with Crippen LogP contribution in [0.25, 0.3) is 0 Å². The molecule has 2 aliphatic rings. The molecule has 6 nitrogen and oxygen atoms in total. The molecule has 0 aromatic heterocycles. The highest BCUT2D eigenvalue weighted by atomic mass is 127. The standard InChI is InChI=1S/C20H38N4O2.HI/c1-3-21-20(24-15-13-23(14-16-24)18(2)25)22-12-8-5-9-17-26-19-10-6-4-7-11-19;/h19H,3-17H2,1-2H3,(H,21,22);1H. The molecule has 27 heavy (non-hydrogen) atoms. The van der Waals surface area contributed by atoms with Gasteiger partial charge in [-0.2, -0.15) is 0 Å². The van der Waals surface area contributed by atoms with E-state index in [1.807, 2.05) is 4.90 Å². The SMILES string of the molecule is CCNC(=NCCCCCOC1CCCCC1)N1CCN(C(C)=O)CC1.I. The summed E-state index contributed by atoms with van der Waals surface area (Å²) in [6, 6.07) is 0. The van der Waals surface area contributed by atoms with E-state index in [0.29, 0.717) is 6.10 Å². The van der Waals surface area contributed by atoms with Gasteiger partial charge in [0.2, 0.25) is 5.91 Å². The monoisotopic (exact) mass is 494 g/mol. The second-order valence-corrected chi connectivity index (χ2v) is 7.42. The lowest BCUT2D eigenvalue weighted by Crippen LogP contribution is -2.53. The fraction of sp³-hybridized carbons (Fsp3) is 0.900. The Morgan fingerprint density at radius 3 is 2.33 bits per heavy atom. The number of nitrogens with one attached hydrogen (secondary N) is 1. The van der Waals surface area contributed by atoms with Crippen molar-refractivity contribution in [3.8, 4) is 0 Å². The molecule has 0 radical (unpaired) electrons. The summed E-state index contributed by atoms with van der Waals surface area (Å²) in [6.07, 6.45) is 10.5. The molecule has 1 N–H and O–H groups in total.